The van der Waals surface area contributed by atoms with E-state index in [4.69, 9.17) is 0 Å². The van der Waals surface area contributed by atoms with Crippen LogP contribution in [0.3, 0.4) is 0 Å². The molecule has 3 aromatic carbocycles. The van der Waals surface area contributed by atoms with Crippen molar-refractivity contribution < 1.29 is 4.79 Å². The summed E-state index contributed by atoms with van der Waals surface area (Å²) in [4.78, 5) is 19.4. The molecule has 5 heteroatoms. The van der Waals surface area contributed by atoms with Gasteiger partial charge in [0.25, 0.3) is 5.91 Å². The topological polar surface area (TPSA) is 35.6 Å². The lowest BCUT2D eigenvalue weighted by molar-refractivity contribution is 0.0736. The van der Waals surface area contributed by atoms with E-state index in [-0.39, 0.29) is 5.91 Å². The number of amides is 1. The molecule has 0 spiro atoms. The Morgan fingerprint density at radius 2 is 1.36 bits per heavy atom. The molecule has 0 unspecified atom stereocenters. The molecule has 0 aromatic heterocycles. The van der Waals surface area contributed by atoms with Gasteiger partial charge in [0.1, 0.15) is 0 Å². The summed E-state index contributed by atoms with van der Waals surface area (Å²) in [5.74, 6) is 0.114. The average molecular weight is 388 g/mol. The van der Waals surface area contributed by atoms with Crippen LogP contribution in [0.4, 0.5) is 17.1 Å². The highest BCUT2D eigenvalue weighted by Gasteiger charge is 2.24. The van der Waals surface area contributed by atoms with Crippen LogP contribution >= 0.6 is 11.8 Å². The molecule has 4 nitrogen and oxygen atoms in total. The highest BCUT2D eigenvalue weighted by atomic mass is 32.2. The maximum Gasteiger partial charge on any atom is 0.253 e. The van der Waals surface area contributed by atoms with Crippen molar-refractivity contribution in [3.8, 4) is 0 Å². The minimum atomic E-state index is 0.114. The summed E-state index contributed by atoms with van der Waals surface area (Å²) in [5.41, 5.74) is 4.16. The van der Waals surface area contributed by atoms with E-state index >= 15 is 0 Å². The standard InChI is InChI=1S/C23H21N3OS/c27-23(25-15-13-24-14-16-25)17-9-11-18(12-10-17)26-19-5-1-3-7-21(19)28-22-8-4-2-6-20(22)26/h1-12,24H,13-16H2. The van der Waals surface area contributed by atoms with Gasteiger partial charge in [-0.05, 0) is 48.5 Å². The molecule has 28 heavy (non-hydrogen) atoms. The molecule has 5 rings (SSSR count). The first-order valence-electron chi connectivity index (χ1n) is 9.57. The van der Waals surface area contributed by atoms with Crippen LogP contribution in [0.25, 0.3) is 0 Å². The smallest absolute Gasteiger partial charge is 0.253 e. The summed E-state index contributed by atoms with van der Waals surface area (Å²) < 4.78 is 0. The molecular formula is C23H21N3OS. The lowest BCUT2D eigenvalue weighted by atomic mass is 10.1. The van der Waals surface area contributed by atoms with Crippen LogP contribution in [-0.4, -0.2) is 37.0 Å². The van der Waals surface area contributed by atoms with Gasteiger partial charge in [-0.2, -0.15) is 0 Å². The second kappa shape index (κ2) is 7.34. The van der Waals surface area contributed by atoms with Gasteiger partial charge in [-0.15, -0.1) is 0 Å². The summed E-state index contributed by atoms with van der Waals surface area (Å²) in [6.45, 7) is 3.26. The maximum atomic E-state index is 12.8. The van der Waals surface area contributed by atoms with Crippen molar-refractivity contribution in [2.24, 2.45) is 0 Å². The van der Waals surface area contributed by atoms with E-state index in [0.29, 0.717) is 0 Å². The Balaban J connectivity index is 1.50. The quantitative estimate of drug-likeness (QED) is 0.542. The fraction of sp³-hybridized carbons (Fsp3) is 0.174. The molecule has 0 atom stereocenters. The lowest BCUT2D eigenvalue weighted by Gasteiger charge is -2.33. The van der Waals surface area contributed by atoms with Crippen LogP contribution in [0.5, 0.6) is 0 Å². The molecule has 0 aliphatic carbocycles. The fourth-order valence-electron chi connectivity index (χ4n) is 3.79. The average Bonchev–Trinajstić information content (AvgIpc) is 2.77. The molecule has 2 heterocycles. The summed E-state index contributed by atoms with van der Waals surface area (Å²) in [7, 11) is 0. The summed E-state index contributed by atoms with van der Waals surface area (Å²) in [5, 5.41) is 3.29. The SMILES string of the molecule is O=C(c1ccc(N2c3ccccc3Sc3ccccc32)cc1)N1CCNCC1. The van der Waals surface area contributed by atoms with Crippen molar-refractivity contribution in [3.63, 3.8) is 0 Å². The molecule has 1 N–H and O–H groups in total. The molecule has 1 saturated heterocycles. The van der Waals surface area contributed by atoms with Gasteiger partial charge >= 0.3 is 0 Å². The summed E-state index contributed by atoms with van der Waals surface area (Å²) in [6, 6.07) is 24.9. The van der Waals surface area contributed by atoms with Crippen molar-refractivity contribution in [1.82, 2.24) is 10.2 Å². The zero-order valence-electron chi connectivity index (χ0n) is 15.5. The Morgan fingerprint density at radius 3 is 1.96 bits per heavy atom. The second-order valence-corrected chi connectivity index (χ2v) is 8.05. The van der Waals surface area contributed by atoms with Crippen molar-refractivity contribution in [2.75, 3.05) is 31.1 Å². The number of para-hydroxylation sites is 2. The molecule has 0 radical (unpaired) electrons. The van der Waals surface area contributed by atoms with Gasteiger partial charge in [-0.25, -0.2) is 0 Å². The van der Waals surface area contributed by atoms with Crippen molar-refractivity contribution in [2.45, 2.75) is 9.79 Å². The number of benzene rings is 3. The van der Waals surface area contributed by atoms with Crippen molar-refractivity contribution in [3.05, 3.63) is 78.4 Å². The Morgan fingerprint density at radius 1 is 0.786 bits per heavy atom. The number of hydrogen-bond donors (Lipinski definition) is 1. The van der Waals surface area contributed by atoms with Gasteiger partial charge in [0.05, 0.1) is 11.4 Å². The number of anilines is 3. The predicted molar refractivity (Wildman–Crippen MR) is 114 cm³/mol. The number of carbonyl (C=O) groups excluding carboxylic acids is 1. The van der Waals surface area contributed by atoms with E-state index in [1.54, 1.807) is 11.8 Å². The first-order valence-corrected chi connectivity index (χ1v) is 10.4. The van der Waals surface area contributed by atoms with E-state index < -0.39 is 0 Å². The largest absolute Gasteiger partial charge is 0.336 e. The molecular weight excluding hydrogens is 366 g/mol. The van der Waals surface area contributed by atoms with E-state index in [2.05, 4.69) is 70.9 Å². The third kappa shape index (κ3) is 3.07. The highest BCUT2D eigenvalue weighted by molar-refractivity contribution is 7.99. The van der Waals surface area contributed by atoms with Crippen molar-refractivity contribution >= 4 is 34.7 Å². The number of piperazine rings is 1. The predicted octanol–water partition coefficient (Wildman–Crippen LogP) is 4.67. The normalized spacial score (nSPS) is 15.7. The van der Waals surface area contributed by atoms with Gasteiger partial charge < -0.3 is 15.1 Å². The first-order chi connectivity index (χ1) is 13.8. The maximum absolute atomic E-state index is 12.8. The van der Waals surface area contributed by atoms with Gasteiger partial charge in [0.15, 0.2) is 0 Å². The van der Waals surface area contributed by atoms with Crippen LogP contribution in [0, 0.1) is 0 Å². The summed E-state index contributed by atoms with van der Waals surface area (Å²) in [6.07, 6.45) is 0. The Kier molecular flexibility index (Phi) is 4.55. The monoisotopic (exact) mass is 387 g/mol. The number of hydrogen-bond acceptors (Lipinski definition) is 4. The van der Waals surface area contributed by atoms with Gasteiger partial charge in [-0.1, -0.05) is 36.0 Å². The number of rotatable bonds is 2. The molecule has 2 aliphatic rings. The van der Waals surface area contributed by atoms with Crippen molar-refractivity contribution in [1.29, 1.82) is 0 Å². The number of nitrogens with one attached hydrogen (secondary N) is 1. The minimum Gasteiger partial charge on any atom is -0.336 e. The molecule has 3 aromatic rings. The van der Waals surface area contributed by atoms with Crippen LogP contribution in [0.1, 0.15) is 10.4 Å². The molecule has 1 amide bonds. The molecule has 0 bridgehead atoms. The highest BCUT2D eigenvalue weighted by Crippen LogP contribution is 2.50. The Bertz CT molecular complexity index is 967. The molecule has 140 valence electrons. The second-order valence-electron chi connectivity index (χ2n) is 6.96. The van der Waals surface area contributed by atoms with Crippen LogP contribution in [0.2, 0.25) is 0 Å². The fourth-order valence-corrected chi connectivity index (χ4v) is 4.84. The van der Waals surface area contributed by atoms with Crippen LogP contribution in [-0.2, 0) is 0 Å². The van der Waals surface area contributed by atoms with E-state index in [0.717, 1.165) is 37.4 Å². The van der Waals surface area contributed by atoms with Crippen LogP contribution in [0.15, 0.2) is 82.6 Å². The van der Waals surface area contributed by atoms with E-state index in [1.165, 1.54) is 21.2 Å². The third-order valence-electron chi connectivity index (χ3n) is 5.21. The number of carbonyl (C=O) groups is 1. The van der Waals surface area contributed by atoms with Gasteiger partial charge in [-0.3, -0.25) is 4.79 Å². The third-order valence-corrected chi connectivity index (χ3v) is 6.34. The molecule has 0 saturated carbocycles. The van der Waals surface area contributed by atoms with Gasteiger partial charge in [0.2, 0.25) is 0 Å². The minimum absolute atomic E-state index is 0.114. The zero-order valence-corrected chi connectivity index (χ0v) is 16.3. The van der Waals surface area contributed by atoms with Gasteiger partial charge in [0, 0.05) is 47.2 Å². The van der Waals surface area contributed by atoms with E-state index in [1.807, 2.05) is 17.0 Å². The number of fused-ring (bicyclic) bond motifs is 2. The number of nitrogens with zero attached hydrogens (tertiary/aromatic N) is 2. The Labute approximate surface area is 169 Å². The molecule has 2 aliphatic heterocycles. The van der Waals surface area contributed by atoms with Crippen LogP contribution < -0.4 is 10.2 Å². The molecule has 1 fully saturated rings. The first kappa shape index (κ1) is 17.3. The van der Waals surface area contributed by atoms with E-state index in [9.17, 15) is 4.79 Å². The summed E-state index contributed by atoms with van der Waals surface area (Å²) >= 11 is 1.80. The Hall–Kier alpha value is -2.76. The lowest BCUT2D eigenvalue weighted by Crippen LogP contribution is -2.46. The zero-order chi connectivity index (χ0) is 18.9.